The summed E-state index contributed by atoms with van der Waals surface area (Å²) in [6, 6.07) is 4.61. The second-order valence-corrected chi connectivity index (χ2v) is 3.27. The minimum Gasteiger partial charge on any atom is -0.336 e. The van der Waals surface area contributed by atoms with Gasteiger partial charge in [0.1, 0.15) is 5.82 Å². The summed E-state index contributed by atoms with van der Waals surface area (Å²) in [4.78, 5) is 12.9. The molecule has 1 saturated heterocycles. The van der Waals surface area contributed by atoms with E-state index in [1.807, 2.05) is 0 Å². The number of carbonyl (C=O) groups is 1. The van der Waals surface area contributed by atoms with Crippen molar-refractivity contribution in [1.29, 1.82) is 0 Å². The summed E-state index contributed by atoms with van der Waals surface area (Å²) in [6.45, 7) is 2.90. The first-order valence-corrected chi connectivity index (χ1v) is 4.50. The van der Waals surface area contributed by atoms with Gasteiger partial charge in [-0.15, -0.1) is 0 Å². The smallest absolute Gasteiger partial charge is 0.322 e. The quantitative estimate of drug-likeness (QED) is 0.724. The molecule has 4 heteroatoms. The average Bonchev–Trinajstić information content (AvgIpc) is 2.57. The third-order valence-corrected chi connectivity index (χ3v) is 2.39. The van der Waals surface area contributed by atoms with Gasteiger partial charge in [0.15, 0.2) is 0 Å². The summed E-state index contributed by atoms with van der Waals surface area (Å²) in [5, 5.41) is 2.68. The number of anilines is 1. The standard InChI is InChI=1S/C10H11FN2O/c1-7-8(11)3-2-4-9(7)13-6-5-12-10(13)14/h2-4H,5-6H2,1H3,(H,12,14). The highest BCUT2D eigenvalue weighted by Gasteiger charge is 2.22. The van der Waals surface area contributed by atoms with Crippen molar-refractivity contribution in [2.24, 2.45) is 0 Å². The van der Waals surface area contributed by atoms with E-state index in [-0.39, 0.29) is 11.8 Å². The van der Waals surface area contributed by atoms with Crippen molar-refractivity contribution in [2.75, 3.05) is 18.0 Å². The molecule has 0 saturated carbocycles. The number of urea groups is 1. The van der Waals surface area contributed by atoms with E-state index in [1.54, 1.807) is 24.0 Å². The summed E-state index contributed by atoms with van der Waals surface area (Å²) in [5.74, 6) is -0.276. The molecule has 0 aromatic heterocycles. The molecule has 14 heavy (non-hydrogen) atoms. The minimum absolute atomic E-state index is 0.154. The van der Waals surface area contributed by atoms with Crippen LogP contribution in [0.15, 0.2) is 18.2 Å². The minimum atomic E-state index is -0.276. The van der Waals surface area contributed by atoms with Crippen molar-refractivity contribution in [3.05, 3.63) is 29.6 Å². The van der Waals surface area contributed by atoms with Crippen LogP contribution in [0.25, 0.3) is 0 Å². The van der Waals surface area contributed by atoms with E-state index in [1.165, 1.54) is 6.07 Å². The third kappa shape index (κ3) is 1.32. The van der Waals surface area contributed by atoms with Gasteiger partial charge in [-0.2, -0.15) is 0 Å². The molecule has 0 aliphatic carbocycles. The van der Waals surface area contributed by atoms with Gasteiger partial charge >= 0.3 is 6.03 Å². The topological polar surface area (TPSA) is 32.3 Å². The van der Waals surface area contributed by atoms with E-state index < -0.39 is 0 Å². The van der Waals surface area contributed by atoms with E-state index in [9.17, 15) is 9.18 Å². The van der Waals surface area contributed by atoms with E-state index in [0.717, 1.165) is 0 Å². The molecule has 0 unspecified atom stereocenters. The van der Waals surface area contributed by atoms with Crippen molar-refractivity contribution in [3.63, 3.8) is 0 Å². The summed E-state index contributed by atoms with van der Waals surface area (Å²) >= 11 is 0. The van der Waals surface area contributed by atoms with Gasteiger partial charge in [-0.25, -0.2) is 9.18 Å². The van der Waals surface area contributed by atoms with E-state index in [0.29, 0.717) is 24.3 Å². The Labute approximate surface area is 81.5 Å². The van der Waals surface area contributed by atoms with Gasteiger partial charge in [0.25, 0.3) is 0 Å². The van der Waals surface area contributed by atoms with Gasteiger partial charge < -0.3 is 5.32 Å². The number of halogens is 1. The average molecular weight is 194 g/mol. The first kappa shape index (κ1) is 8.99. The van der Waals surface area contributed by atoms with E-state index in [4.69, 9.17) is 0 Å². The lowest BCUT2D eigenvalue weighted by molar-refractivity contribution is 0.252. The molecule has 2 rings (SSSR count). The molecule has 1 fully saturated rings. The zero-order valence-corrected chi connectivity index (χ0v) is 7.88. The first-order valence-electron chi connectivity index (χ1n) is 4.50. The van der Waals surface area contributed by atoms with Crippen LogP contribution in [0.2, 0.25) is 0 Å². The Morgan fingerprint density at radius 3 is 2.93 bits per heavy atom. The fraction of sp³-hybridized carbons (Fsp3) is 0.300. The van der Waals surface area contributed by atoms with Gasteiger partial charge in [-0.05, 0) is 19.1 Å². The molecule has 1 aliphatic rings. The molecule has 3 nitrogen and oxygen atoms in total. The third-order valence-electron chi connectivity index (χ3n) is 2.39. The molecule has 1 heterocycles. The molecule has 1 aromatic rings. The number of nitrogens with one attached hydrogen (secondary N) is 1. The summed E-state index contributed by atoms with van der Waals surface area (Å²) < 4.78 is 13.2. The van der Waals surface area contributed by atoms with Gasteiger partial charge in [-0.3, -0.25) is 4.90 Å². The van der Waals surface area contributed by atoms with Crippen LogP contribution < -0.4 is 10.2 Å². The highest BCUT2D eigenvalue weighted by atomic mass is 19.1. The Morgan fingerprint density at radius 2 is 2.29 bits per heavy atom. The number of benzene rings is 1. The van der Waals surface area contributed by atoms with Gasteiger partial charge in [0.2, 0.25) is 0 Å². The van der Waals surface area contributed by atoms with Crippen LogP contribution in [-0.4, -0.2) is 19.1 Å². The Kier molecular flexibility index (Phi) is 2.11. The molecule has 1 aromatic carbocycles. The molecule has 0 spiro atoms. The fourth-order valence-electron chi connectivity index (χ4n) is 1.59. The number of nitrogens with zero attached hydrogens (tertiary/aromatic N) is 1. The van der Waals surface area contributed by atoms with E-state index >= 15 is 0 Å². The van der Waals surface area contributed by atoms with Gasteiger partial charge in [-0.1, -0.05) is 6.07 Å². The molecule has 0 bridgehead atoms. The number of carbonyl (C=O) groups excluding carboxylic acids is 1. The van der Waals surface area contributed by atoms with Crippen LogP contribution in [0, 0.1) is 12.7 Å². The SMILES string of the molecule is Cc1c(F)cccc1N1CCNC1=O. The number of hydrogen-bond donors (Lipinski definition) is 1. The van der Waals surface area contributed by atoms with Crippen molar-refractivity contribution in [1.82, 2.24) is 5.32 Å². The Balaban J connectivity index is 2.41. The fourth-order valence-corrected chi connectivity index (χ4v) is 1.59. The lowest BCUT2D eigenvalue weighted by Crippen LogP contribution is -2.28. The van der Waals surface area contributed by atoms with Crippen LogP contribution in [0.5, 0.6) is 0 Å². The summed E-state index contributed by atoms with van der Waals surface area (Å²) in [5.41, 5.74) is 1.17. The molecular weight excluding hydrogens is 183 g/mol. The van der Waals surface area contributed by atoms with Gasteiger partial charge in [0, 0.05) is 18.7 Å². The van der Waals surface area contributed by atoms with Crippen LogP contribution in [0.4, 0.5) is 14.9 Å². The maximum absolute atomic E-state index is 13.2. The van der Waals surface area contributed by atoms with Crippen molar-refractivity contribution >= 4 is 11.7 Å². The molecule has 74 valence electrons. The second kappa shape index (κ2) is 3.29. The monoisotopic (exact) mass is 194 g/mol. The zero-order valence-electron chi connectivity index (χ0n) is 7.88. The maximum atomic E-state index is 13.2. The largest absolute Gasteiger partial charge is 0.336 e. The molecule has 0 radical (unpaired) electrons. The molecule has 0 atom stereocenters. The number of hydrogen-bond acceptors (Lipinski definition) is 1. The van der Waals surface area contributed by atoms with Crippen molar-refractivity contribution in [2.45, 2.75) is 6.92 Å². The summed E-state index contributed by atoms with van der Waals surface area (Å²) in [7, 11) is 0. The predicted molar refractivity (Wildman–Crippen MR) is 51.9 cm³/mol. The Hall–Kier alpha value is -1.58. The van der Waals surface area contributed by atoms with Crippen LogP contribution in [-0.2, 0) is 0 Å². The van der Waals surface area contributed by atoms with Crippen molar-refractivity contribution < 1.29 is 9.18 Å². The number of amides is 2. The lowest BCUT2D eigenvalue weighted by Gasteiger charge is -2.16. The zero-order chi connectivity index (χ0) is 10.1. The molecular formula is C10H11FN2O. The second-order valence-electron chi connectivity index (χ2n) is 3.27. The first-order chi connectivity index (χ1) is 6.70. The molecule has 2 amide bonds. The highest BCUT2D eigenvalue weighted by molar-refractivity contribution is 5.94. The Bertz CT molecular complexity index is 378. The summed E-state index contributed by atoms with van der Waals surface area (Å²) in [6.07, 6.45) is 0. The highest BCUT2D eigenvalue weighted by Crippen LogP contribution is 2.23. The number of rotatable bonds is 1. The normalized spacial score (nSPS) is 15.9. The maximum Gasteiger partial charge on any atom is 0.322 e. The van der Waals surface area contributed by atoms with Crippen LogP contribution >= 0.6 is 0 Å². The predicted octanol–water partition coefficient (Wildman–Crippen LogP) is 1.66. The Morgan fingerprint density at radius 1 is 1.50 bits per heavy atom. The van der Waals surface area contributed by atoms with Crippen molar-refractivity contribution in [3.8, 4) is 0 Å². The molecule has 1 N–H and O–H groups in total. The van der Waals surface area contributed by atoms with E-state index in [2.05, 4.69) is 5.32 Å². The van der Waals surface area contributed by atoms with Crippen LogP contribution in [0.3, 0.4) is 0 Å². The lowest BCUT2D eigenvalue weighted by atomic mass is 10.2. The molecule has 1 aliphatic heterocycles. The van der Waals surface area contributed by atoms with Crippen LogP contribution in [0.1, 0.15) is 5.56 Å². The van der Waals surface area contributed by atoms with Gasteiger partial charge in [0.05, 0.1) is 5.69 Å².